The molecule has 0 saturated heterocycles. The molecule has 1 amide bonds. The number of carbonyl (C=O) groups excluding carboxylic acids is 1. The zero-order valence-corrected chi connectivity index (χ0v) is 16.6. The Morgan fingerprint density at radius 1 is 1.11 bits per heavy atom. The molecule has 0 saturated carbocycles. The predicted octanol–water partition coefficient (Wildman–Crippen LogP) is 3.34. The molecule has 1 N–H and O–H groups in total. The van der Waals surface area contributed by atoms with Gasteiger partial charge in [0, 0.05) is 42.0 Å². The Morgan fingerprint density at radius 3 is 2.64 bits per heavy atom. The number of hydrogen-bond acceptors (Lipinski definition) is 5. The summed E-state index contributed by atoms with van der Waals surface area (Å²) in [5.41, 5.74) is 4.21. The minimum Gasteiger partial charge on any atom is -0.460 e. The van der Waals surface area contributed by atoms with Gasteiger partial charge >= 0.3 is 5.63 Å². The van der Waals surface area contributed by atoms with Gasteiger partial charge in [-0.25, -0.2) is 4.79 Å². The number of fused-ring (bicyclic) bond motifs is 4. The number of hydrogen-bond donors (Lipinski definition) is 1. The molecule has 1 aromatic carbocycles. The van der Waals surface area contributed by atoms with Crippen LogP contribution in [0.3, 0.4) is 0 Å². The molecule has 0 aliphatic heterocycles. The first-order valence-corrected chi connectivity index (χ1v) is 9.77. The van der Waals surface area contributed by atoms with Gasteiger partial charge in [-0.15, -0.1) is 0 Å². The number of amides is 1. The maximum Gasteiger partial charge on any atom is 0.340 e. The number of furan rings is 1. The summed E-state index contributed by atoms with van der Waals surface area (Å²) >= 11 is 0. The molecule has 2 aromatic heterocycles. The van der Waals surface area contributed by atoms with E-state index in [1.165, 1.54) is 5.56 Å². The highest BCUT2D eigenvalue weighted by molar-refractivity contribution is 6.00. The van der Waals surface area contributed by atoms with Gasteiger partial charge in [0.05, 0.1) is 18.6 Å². The van der Waals surface area contributed by atoms with E-state index in [1.54, 1.807) is 7.11 Å². The first kappa shape index (κ1) is 18.7. The van der Waals surface area contributed by atoms with Crippen molar-refractivity contribution in [3.8, 4) is 0 Å². The van der Waals surface area contributed by atoms with Gasteiger partial charge in [-0.1, -0.05) is 0 Å². The van der Waals surface area contributed by atoms with Crippen LogP contribution >= 0.6 is 0 Å². The van der Waals surface area contributed by atoms with Crippen molar-refractivity contribution >= 4 is 27.8 Å². The highest BCUT2D eigenvalue weighted by atomic mass is 16.5. The van der Waals surface area contributed by atoms with Crippen molar-refractivity contribution in [2.45, 2.75) is 46.0 Å². The molecule has 6 nitrogen and oxygen atoms in total. The molecule has 1 aliphatic rings. The van der Waals surface area contributed by atoms with Crippen molar-refractivity contribution < 1.29 is 18.4 Å². The van der Waals surface area contributed by atoms with Gasteiger partial charge < -0.3 is 18.9 Å². The molecule has 0 radical (unpaired) electrons. The Morgan fingerprint density at radius 2 is 1.86 bits per heavy atom. The largest absolute Gasteiger partial charge is 0.460 e. The van der Waals surface area contributed by atoms with Gasteiger partial charge in [-0.2, -0.15) is 0 Å². The van der Waals surface area contributed by atoms with Crippen LogP contribution in [0.15, 0.2) is 19.7 Å². The van der Waals surface area contributed by atoms with E-state index < -0.39 is 5.63 Å². The predicted molar refractivity (Wildman–Crippen MR) is 107 cm³/mol. The van der Waals surface area contributed by atoms with Crippen molar-refractivity contribution in [3.05, 3.63) is 44.5 Å². The standard InChI is InChI=1S/C22H25NO5/c1-12-15-10-17-14-6-4-5-7-18(14)27-21(17)13(2)20(15)28-22(25)16(12)11-19(24)23-8-9-26-3/h10H,4-9,11H2,1-3H3,(H,23,24). The average molecular weight is 383 g/mol. The number of rotatable bonds is 5. The van der Waals surface area contributed by atoms with Crippen molar-refractivity contribution in [1.29, 1.82) is 0 Å². The minimum atomic E-state index is -0.467. The summed E-state index contributed by atoms with van der Waals surface area (Å²) in [6, 6.07) is 2.07. The monoisotopic (exact) mass is 383 g/mol. The molecule has 4 rings (SSSR count). The van der Waals surface area contributed by atoms with Crippen molar-refractivity contribution in [2.75, 3.05) is 20.3 Å². The SMILES string of the molecule is COCCNC(=O)Cc1c(C)c2cc3c4c(oc3c(C)c2oc1=O)CCCC4. The molecule has 0 bridgehead atoms. The molecule has 0 spiro atoms. The first-order valence-electron chi connectivity index (χ1n) is 9.77. The van der Waals surface area contributed by atoms with Crippen LogP contribution in [0.5, 0.6) is 0 Å². The molecule has 1 aliphatic carbocycles. The van der Waals surface area contributed by atoms with Crippen LogP contribution in [0.1, 0.15) is 40.9 Å². The van der Waals surface area contributed by atoms with Crippen LogP contribution < -0.4 is 10.9 Å². The van der Waals surface area contributed by atoms with Gasteiger partial charge in [0.25, 0.3) is 0 Å². The molecule has 0 fully saturated rings. The Bertz CT molecular complexity index is 1120. The fourth-order valence-corrected chi connectivity index (χ4v) is 4.14. The zero-order valence-electron chi connectivity index (χ0n) is 16.6. The Hall–Kier alpha value is -2.60. The Labute approximate surface area is 162 Å². The van der Waals surface area contributed by atoms with Gasteiger partial charge in [-0.05, 0) is 44.7 Å². The van der Waals surface area contributed by atoms with E-state index in [1.807, 2.05) is 13.8 Å². The first-order chi connectivity index (χ1) is 13.5. The molecule has 3 aromatic rings. The maximum atomic E-state index is 12.6. The van der Waals surface area contributed by atoms with Crippen LogP contribution in [0, 0.1) is 13.8 Å². The van der Waals surface area contributed by atoms with Crippen molar-refractivity contribution in [1.82, 2.24) is 5.32 Å². The third-order valence-corrected chi connectivity index (χ3v) is 5.69. The Balaban J connectivity index is 1.82. The van der Waals surface area contributed by atoms with Gasteiger partial charge in [0.15, 0.2) is 0 Å². The minimum absolute atomic E-state index is 0.00556. The quantitative estimate of drug-likeness (QED) is 0.540. The number of ether oxygens (including phenoxy) is 1. The molecular weight excluding hydrogens is 358 g/mol. The lowest BCUT2D eigenvalue weighted by Gasteiger charge is -2.11. The summed E-state index contributed by atoms with van der Waals surface area (Å²) in [4.78, 5) is 24.8. The zero-order chi connectivity index (χ0) is 19.8. The highest BCUT2D eigenvalue weighted by Crippen LogP contribution is 2.37. The van der Waals surface area contributed by atoms with Gasteiger partial charge in [0.2, 0.25) is 5.91 Å². The third-order valence-electron chi connectivity index (χ3n) is 5.69. The van der Waals surface area contributed by atoms with Gasteiger partial charge in [0.1, 0.15) is 16.9 Å². The van der Waals surface area contributed by atoms with Crippen LogP contribution in [-0.4, -0.2) is 26.2 Å². The second-order valence-electron chi connectivity index (χ2n) is 7.48. The van der Waals surface area contributed by atoms with E-state index in [9.17, 15) is 9.59 Å². The van der Waals surface area contributed by atoms with Crippen LogP contribution in [0.4, 0.5) is 0 Å². The van der Waals surface area contributed by atoms with Crippen LogP contribution in [-0.2, 0) is 28.8 Å². The van der Waals surface area contributed by atoms with E-state index in [-0.39, 0.29) is 12.3 Å². The lowest BCUT2D eigenvalue weighted by molar-refractivity contribution is -0.120. The van der Waals surface area contributed by atoms with E-state index in [2.05, 4.69) is 11.4 Å². The second kappa shape index (κ2) is 7.43. The van der Waals surface area contributed by atoms with E-state index in [0.29, 0.717) is 24.3 Å². The van der Waals surface area contributed by atoms with Crippen molar-refractivity contribution in [3.63, 3.8) is 0 Å². The molecule has 0 atom stereocenters. The van der Waals surface area contributed by atoms with E-state index in [0.717, 1.165) is 58.9 Å². The third kappa shape index (κ3) is 3.11. The highest BCUT2D eigenvalue weighted by Gasteiger charge is 2.23. The molecule has 148 valence electrons. The maximum absolute atomic E-state index is 12.6. The second-order valence-corrected chi connectivity index (χ2v) is 7.48. The molecule has 28 heavy (non-hydrogen) atoms. The van der Waals surface area contributed by atoms with Gasteiger partial charge in [-0.3, -0.25) is 4.79 Å². The van der Waals surface area contributed by atoms with Crippen LogP contribution in [0.25, 0.3) is 21.9 Å². The van der Waals surface area contributed by atoms with Crippen molar-refractivity contribution in [2.24, 2.45) is 0 Å². The normalized spacial score (nSPS) is 13.8. The number of aryl methyl sites for hydroxylation is 4. The number of nitrogens with one attached hydrogen (secondary N) is 1. The number of carbonyl (C=O) groups is 1. The fourth-order valence-electron chi connectivity index (χ4n) is 4.14. The lowest BCUT2D eigenvalue weighted by Crippen LogP contribution is -2.30. The fraction of sp³-hybridized carbons (Fsp3) is 0.455. The topological polar surface area (TPSA) is 81.7 Å². The summed E-state index contributed by atoms with van der Waals surface area (Å²) in [6.45, 7) is 4.65. The number of methoxy groups -OCH3 is 1. The summed E-state index contributed by atoms with van der Waals surface area (Å²) < 4.78 is 16.7. The summed E-state index contributed by atoms with van der Waals surface area (Å²) in [6.07, 6.45) is 4.26. The Kier molecular flexibility index (Phi) is 4.98. The summed E-state index contributed by atoms with van der Waals surface area (Å²) in [5, 5.41) is 4.73. The smallest absolute Gasteiger partial charge is 0.340 e. The average Bonchev–Trinajstić information content (AvgIpc) is 3.06. The molecule has 0 unspecified atom stereocenters. The molecular formula is C22H25NO5. The summed E-state index contributed by atoms with van der Waals surface area (Å²) in [7, 11) is 1.58. The lowest BCUT2D eigenvalue weighted by atomic mass is 9.93. The molecule has 2 heterocycles. The van der Waals surface area contributed by atoms with E-state index >= 15 is 0 Å². The van der Waals surface area contributed by atoms with E-state index in [4.69, 9.17) is 13.6 Å². The summed E-state index contributed by atoms with van der Waals surface area (Å²) in [5.74, 6) is 0.836. The van der Waals surface area contributed by atoms with Crippen LogP contribution in [0.2, 0.25) is 0 Å². The molecule has 6 heteroatoms. The number of benzene rings is 1.